The van der Waals surface area contributed by atoms with Gasteiger partial charge in [-0.15, -0.1) is 0 Å². The zero-order chi connectivity index (χ0) is 23.5. The van der Waals surface area contributed by atoms with Crippen molar-refractivity contribution < 1.29 is 19.5 Å². The molecule has 7 heteroatoms. The molecule has 2 N–H and O–H groups in total. The number of anilines is 1. The summed E-state index contributed by atoms with van der Waals surface area (Å²) in [5, 5.41) is 10.3. The minimum absolute atomic E-state index is 0.0503. The zero-order valence-corrected chi connectivity index (χ0v) is 19.2. The van der Waals surface area contributed by atoms with E-state index in [-0.39, 0.29) is 30.2 Å². The van der Waals surface area contributed by atoms with Crippen LogP contribution in [0.1, 0.15) is 46.4 Å². The van der Waals surface area contributed by atoms with Gasteiger partial charge in [0.15, 0.2) is 0 Å². The number of carbonyl (C=O) groups is 3. The van der Waals surface area contributed by atoms with Gasteiger partial charge >= 0.3 is 0 Å². The Kier molecular flexibility index (Phi) is 6.67. The Balaban J connectivity index is 0.000000821. The summed E-state index contributed by atoms with van der Waals surface area (Å²) in [6.07, 6.45) is 2.13. The van der Waals surface area contributed by atoms with Crippen LogP contribution in [0.15, 0.2) is 42.5 Å². The first-order chi connectivity index (χ1) is 16.0. The number of fused-ring (bicyclic) bond motifs is 2. The van der Waals surface area contributed by atoms with E-state index in [1.165, 1.54) is 16.7 Å². The molecule has 0 radical (unpaired) electrons. The molecule has 2 saturated heterocycles. The smallest absolute Gasteiger partial charge is 0.290 e. The van der Waals surface area contributed by atoms with E-state index in [1.807, 2.05) is 34.1 Å². The second kappa shape index (κ2) is 9.65. The lowest BCUT2D eigenvalue weighted by molar-refractivity contribution is -0.130. The third-order valence-electron chi connectivity index (χ3n) is 7.17. The van der Waals surface area contributed by atoms with Crippen LogP contribution < -0.4 is 5.32 Å². The van der Waals surface area contributed by atoms with Crippen LogP contribution in [0.3, 0.4) is 0 Å². The number of para-hydroxylation sites is 1. The quantitative estimate of drug-likeness (QED) is 0.687. The molecule has 0 saturated carbocycles. The Hall–Kier alpha value is -3.35. The second-order valence-corrected chi connectivity index (χ2v) is 9.08. The van der Waals surface area contributed by atoms with Gasteiger partial charge < -0.3 is 20.2 Å². The highest BCUT2D eigenvalue weighted by atomic mass is 16.3. The molecule has 3 aliphatic heterocycles. The molecule has 0 aromatic heterocycles. The van der Waals surface area contributed by atoms with Crippen molar-refractivity contribution in [3.63, 3.8) is 0 Å². The SMILES string of the molecule is CC(=O)N1C[C@H]2CN(C(=O)c3cccc4c3NCCC4)C[C@H]2[C@H]1c1ccccc1C.O=CO. The minimum atomic E-state index is -0.250. The molecule has 3 aliphatic rings. The van der Waals surface area contributed by atoms with Gasteiger partial charge in [0.05, 0.1) is 17.3 Å². The number of carbonyl (C=O) groups excluding carboxylic acids is 2. The van der Waals surface area contributed by atoms with Gasteiger partial charge in [-0.1, -0.05) is 36.4 Å². The van der Waals surface area contributed by atoms with E-state index < -0.39 is 0 Å². The highest BCUT2D eigenvalue weighted by Crippen LogP contribution is 2.46. The molecule has 2 aromatic carbocycles. The summed E-state index contributed by atoms with van der Waals surface area (Å²) in [6, 6.07) is 14.5. The summed E-state index contributed by atoms with van der Waals surface area (Å²) in [7, 11) is 0. The summed E-state index contributed by atoms with van der Waals surface area (Å²) >= 11 is 0. The Labute approximate surface area is 194 Å². The lowest BCUT2D eigenvalue weighted by Crippen LogP contribution is -2.37. The van der Waals surface area contributed by atoms with E-state index in [9.17, 15) is 9.59 Å². The summed E-state index contributed by atoms with van der Waals surface area (Å²) in [5.74, 6) is 0.854. The molecule has 2 aromatic rings. The normalized spacial score (nSPS) is 23.0. The Morgan fingerprint density at radius 2 is 1.85 bits per heavy atom. The first-order valence-electron chi connectivity index (χ1n) is 11.5. The molecule has 0 aliphatic carbocycles. The average Bonchev–Trinajstić information content (AvgIpc) is 3.38. The van der Waals surface area contributed by atoms with E-state index in [2.05, 4.69) is 30.4 Å². The van der Waals surface area contributed by atoms with E-state index >= 15 is 0 Å². The predicted octanol–water partition coefficient (Wildman–Crippen LogP) is 3.35. The summed E-state index contributed by atoms with van der Waals surface area (Å²) < 4.78 is 0. The number of likely N-dealkylation sites (tertiary alicyclic amines) is 2. The van der Waals surface area contributed by atoms with Crippen molar-refractivity contribution in [2.75, 3.05) is 31.5 Å². The fourth-order valence-corrected chi connectivity index (χ4v) is 5.71. The minimum Gasteiger partial charge on any atom is -0.483 e. The highest BCUT2D eigenvalue weighted by Gasteiger charge is 2.49. The molecule has 0 bridgehead atoms. The third kappa shape index (κ3) is 4.32. The van der Waals surface area contributed by atoms with Gasteiger partial charge in [-0.3, -0.25) is 14.4 Å². The molecule has 174 valence electrons. The largest absolute Gasteiger partial charge is 0.483 e. The van der Waals surface area contributed by atoms with E-state index in [1.54, 1.807) is 6.92 Å². The van der Waals surface area contributed by atoms with Gasteiger partial charge in [-0.2, -0.15) is 0 Å². The van der Waals surface area contributed by atoms with Crippen LogP contribution in [-0.2, 0) is 16.0 Å². The third-order valence-corrected chi connectivity index (χ3v) is 7.17. The van der Waals surface area contributed by atoms with Crippen LogP contribution >= 0.6 is 0 Å². The lowest BCUT2D eigenvalue weighted by atomic mass is 9.87. The van der Waals surface area contributed by atoms with E-state index in [0.717, 1.165) is 43.7 Å². The fraction of sp³-hybridized carbons (Fsp3) is 0.423. The van der Waals surface area contributed by atoms with Gasteiger partial charge in [-0.25, -0.2) is 0 Å². The number of carboxylic acid groups (broad SMARTS) is 1. The van der Waals surface area contributed by atoms with Crippen LogP contribution in [0.5, 0.6) is 0 Å². The lowest BCUT2D eigenvalue weighted by Gasteiger charge is -2.30. The monoisotopic (exact) mass is 449 g/mol. The first-order valence-corrected chi connectivity index (χ1v) is 11.5. The maximum Gasteiger partial charge on any atom is 0.290 e. The van der Waals surface area contributed by atoms with Gasteiger partial charge in [-0.05, 0) is 42.5 Å². The standard InChI is InChI=1S/C25H29N3O2.CH2O2/c1-16-7-3-4-10-20(16)24-22-15-27(13-19(22)14-28(24)17(2)29)25(30)21-11-5-8-18-9-6-12-26-23(18)21;2-1-3/h3-5,7-8,10-11,19,22,24,26H,6,9,12-15H2,1-2H3;1H,(H,2,3)/t19-,22-,24-;/m1./s1. The van der Waals surface area contributed by atoms with Crippen LogP contribution in [0.25, 0.3) is 0 Å². The fourth-order valence-electron chi connectivity index (χ4n) is 5.71. The molecule has 2 amide bonds. The van der Waals surface area contributed by atoms with Crippen molar-refractivity contribution in [1.29, 1.82) is 0 Å². The number of amides is 2. The molecule has 7 nitrogen and oxygen atoms in total. The number of hydrogen-bond acceptors (Lipinski definition) is 4. The van der Waals surface area contributed by atoms with Crippen LogP contribution in [0, 0.1) is 18.8 Å². The Bertz CT molecular complexity index is 1050. The number of benzene rings is 2. The summed E-state index contributed by atoms with van der Waals surface area (Å²) in [6.45, 7) is 6.60. The van der Waals surface area contributed by atoms with Crippen molar-refractivity contribution in [3.8, 4) is 0 Å². The Morgan fingerprint density at radius 3 is 2.58 bits per heavy atom. The number of hydrogen-bond donors (Lipinski definition) is 2. The van der Waals surface area contributed by atoms with Crippen LogP contribution in [0.4, 0.5) is 5.69 Å². The van der Waals surface area contributed by atoms with Crippen molar-refractivity contribution in [1.82, 2.24) is 9.80 Å². The maximum absolute atomic E-state index is 13.5. The number of rotatable bonds is 2. The van der Waals surface area contributed by atoms with E-state index in [0.29, 0.717) is 12.5 Å². The van der Waals surface area contributed by atoms with Crippen molar-refractivity contribution >= 4 is 24.0 Å². The summed E-state index contributed by atoms with van der Waals surface area (Å²) in [5.41, 5.74) is 5.48. The zero-order valence-electron chi connectivity index (χ0n) is 19.2. The van der Waals surface area contributed by atoms with Gasteiger partial charge in [0.25, 0.3) is 12.4 Å². The van der Waals surface area contributed by atoms with Crippen LogP contribution in [0.2, 0.25) is 0 Å². The highest BCUT2D eigenvalue weighted by molar-refractivity contribution is 6.00. The van der Waals surface area contributed by atoms with Crippen molar-refractivity contribution in [3.05, 3.63) is 64.7 Å². The predicted molar refractivity (Wildman–Crippen MR) is 126 cm³/mol. The van der Waals surface area contributed by atoms with Gasteiger partial charge in [0.2, 0.25) is 5.91 Å². The molecule has 2 fully saturated rings. The number of nitrogens with zero attached hydrogens (tertiary/aromatic N) is 2. The molecular weight excluding hydrogens is 418 g/mol. The second-order valence-electron chi connectivity index (χ2n) is 9.08. The van der Waals surface area contributed by atoms with Gasteiger partial charge in [0, 0.05) is 44.9 Å². The summed E-state index contributed by atoms with van der Waals surface area (Å²) in [4.78, 5) is 38.3. The molecule has 5 rings (SSSR count). The number of aryl methyl sites for hydroxylation is 2. The maximum atomic E-state index is 13.5. The van der Waals surface area contributed by atoms with Crippen molar-refractivity contribution in [2.45, 2.75) is 32.7 Å². The van der Waals surface area contributed by atoms with E-state index in [4.69, 9.17) is 9.90 Å². The molecule has 0 unspecified atom stereocenters. The Morgan fingerprint density at radius 1 is 1.09 bits per heavy atom. The molecule has 3 heterocycles. The average molecular weight is 450 g/mol. The molecular formula is C26H31N3O4. The van der Waals surface area contributed by atoms with Gasteiger partial charge in [0.1, 0.15) is 0 Å². The number of nitrogens with one attached hydrogen (secondary N) is 1. The molecule has 33 heavy (non-hydrogen) atoms. The van der Waals surface area contributed by atoms with Crippen molar-refractivity contribution in [2.24, 2.45) is 11.8 Å². The first kappa shape index (κ1) is 22.8. The van der Waals surface area contributed by atoms with Crippen LogP contribution in [-0.4, -0.2) is 59.4 Å². The molecule has 3 atom stereocenters. The topological polar surface area (TPSA) is 90.0 Å². The molecule has 0 spiro atoms.